The first-order valence-corrected chi connectivity index (χ1v) is 9.72. The fourth-order valence-corrected chi connectivity index (χ4v) is 3.46. The lowest BCUT2D eigenvalue weighted by molar-refractivity contribution is -0.115. The fourth-order valence-electron chi connectivity index (χ4n) is 2.56. The zero-order chi connectivity index (χ0) is 22.3. The molecule has 9 heteroatoms. The van der Waals surface area contributed by atoms with E-state index in [9.17, 15) is 14.4 Å². The van der Waals surface area contributed by atoms with Crippen molar-refractivity contribution in [1.29, 1.82) is 0 Å². The van der Waals surface area contributed by atoms with Crippen molar-refractivity contribution in [2.75, 3.05) is 33.8 Å². The Bertz CT molecular complexity index is 945. The number of carbonyl (C=O) groups is 3. The number of hydrogen-bond acceptors (Lipinski definition) is 8. The largest absolute Gasteiger partial charge is 0.493 e. The van der Waals surface area contributed by atoms with Gasteiger partial charge in [-0.25, -0.2) is 9.59 Å². The smallest absolute Gasteiger partial charge is 0.339 e. The topological polar surface area (TPSA) is 100 Å². The van der Waals surface area contributed by atoms with Crippen molar-refractivity contribution in [3.8, 4) is 11.5 Å². The maximum Gasteiger partial charge on any atom is 0.339 e. The quantitative estimate of drug-likeness (QED) is 0.499. The first-order valence-electron chi connectivity index (χ1n) is 8.84. The van der Waals surface area contributed by atoms with Gasteiger partial charge in [0, 0.05) is 4.90 Å². The summed E-state index contributed by atoms with van der Waals surface area (Å²) in [6, 6.07) is 9.54. The molecule has 1 unspecified atom stereocenters. The second-order valence-electron chi connectivity index (χ2n) is 6.01. The lowest BCUT2D eigenvalue weighted by Gasteiger charge is -2.16. The van der Waals surface area contributed by atoms with Crippen LogP contribution in [0.1, 0.15) is 27.6 Å². The Morgan fingerprint density at radius 3 is 2.13 bits per heavy atom. The van der Waals surface area contributed by atoms with Crippen LogP contribution in [-0.4, -0.2) is 51.5 Å². The Hall–Kier alpha value is -3.20. The molecule has 0 saturated heterocycles. The minimum absolute atomic E-state index is 0.127. The lowest BCUT2D eigenvalue weighted by atomic mass is 10.1. The lowest BCUT2D eigenvalue weighted by Crippen LogP contribution is -2.24. The van der Waals surface area contributed by atoms with Gasteiger partial charge in [0.1, 0.15) is 0 Å². The number of thioether (sulfide) groups is 1. The third-order valence-corrected chi connectivity index (χ3v) is 5.23. The van der Waals surface area contributed by atoms with E-state index in [1.807, 2.05) is 6.07 Å². The molecule has 0 fully saturated rings. The molecule has 1 N–H and O–H groups in total. The predicted octanol–water partition coefficient (Wildman–Crippen LogP) is 3.40. The Morgan fingerprint density at radius 1 is 0.867 bits per heavy atom. The number of amides is 1. The van der Waals surface area contributed by atoms with Gasteiger partial charge in [-0.1, -0.05) is 0 Å². The van der Waals surface area contributed by atoms with Gasteiger partial charge in [0.15, 0.2) is 11.5 Å². The summed E-state index contributed by atoms with van der Waals surface area (Å²) in [5.41, 5.74) is 0.483. The molecule has 0 bridgehead atoms. The monoisotopic (exact) mass is 433 g/mol. The molecule has 0 aliphatic heterocycles. The Kier molecular flexibility index (Phi) is 8.11. The molecule has 0 heterocycles. The molecule has 0 aliphatic rings. The second kappa shape index (κ2) is 10.5. The van der Waals surface area contributed by atoms with E-state index in [1.54, 1.807) is 26.2 Å². The van der Waals surface area contributed by atoms with Crippen LogP contribution in [0, 0.1) is 0 Å². The number of rotatable bonds is 8. The number of esters is 2. The molecule has 2 aromatic carbocycles. The van der Waals surface area contributed by atoms with Crippen molar-refractivity contribution in [3.63, 3.8) is 0 Å². The van der Waals surface area contributed by atoms with Crippen LogP contribution in [-0.2, 0) is 14.3 Å². The molecule has 8 nitrogen and oxygen atoms in total. The van der Waals surface area contributed by atoms with Crippen LogP contribution in [0.5, 0.6) is 11.5 Å². The van der Waals surface area contributed by atoms with Crippen LogP contribution < -0.4 is 14.8 Å². The molecular weight excluding hydrogens is 410 g/mol. The molecule has 2 aromatic rings. The minimum atomic E-state index is -0.637. The van der Waals surface area contributed by atoms with Crippen LogP contribution in [0.2, 0.25) is 0 Å². The van der Waals surface area contributed by atoms with Gasteiger partial charge in [0.05, 0.1) is 50.5 Å². The van der Waals surface area contributed by atoms with E-state index in [1.165, 1.54) is 51.3 Å². The SMILES string of the molecule is COC(=O)c1ccc(C(=O)OC)c(NC(=O)C(C)Sc2ccc(OC)c(OC)c2)c1. The normalized spacial score (nSPS) is 11.2. The number of hydrogen-bond donors (Lipinski definition) is 1. The highest BCUT2D eigenvalue weighted by molar-refractivity contribution is 8.00. The van der Waals surface area contributed by atoms with E-state index < -0.39 is 17.2 Å². The number of methoxy groups -OCH3 is 4. The van der Waals surface area contributed by atoms with E-state index in [0.29, 0.717) is 11.5 Å². The molecule has 2 rings (SSSR count). The highest BCUT2D eigenvalue weighted by atomic mass is 32.2. The van der Waals surface area contributed by atoms with Crippen LogP contribution in [0.15, 0.2) is 41.3 Å². The maximum absolute atomic E-state index is 12.8. The molecule has 0 spiro atoms. The van der Waals surface area contributed by atoms with Gasteiger partial charge >= 0.3 is 11.9 Å². The molecular formula is C21H23NO7S. The molecule has 0 aliphatic carbocycles. The summed E-state index contributed by atoms with van der Waals surface area (Å²) in [6.07, 6.45) is 0. The zero-order valence-corrected chi connectivity index (χ0v) is 18.1. The molecule has 30 heavy (non-hydrogen) atoms. The molecule has 1 amide bonds. The Morgan fingerprint density at radius 2 is 1.53 bits per heavy atom. The van der Waals surface area contributed by atoms with Gasteiger partial charge in [0.25, 0.3) is 0 Å². The summed E-state index contributed by atoms with van der Waals surface area (Å²) >= 11 is 1.30. The van der Waals surface area contributed by atoms with Gasteiger partial charge in [-0.2, -0.15) is 0 Å². The zero-order valence-electron chi connectivity index (χ0n) is 17.3. The molecule has 160 valence electrons. The van der Waals surface area contributed by atoms with Crippen LogP contribution >= 0.6 is 11.8 Å². The van der Waals surface area contributed by atoms with Crippen molar-refractivity contribution >= 4 is 35.3 Å². The third-order valence-electron chi connectivity index (χ3n) is 4.14. The number of benzene rings is 2. The number of ether oxygens (including phenoxy) is 4. The van der Waals surface area contributed by atoms with Crippen molar-refractivity contribution in [1.82, 2.24) is 0 Å². The summed E-state index contributed by atoms with van der Waals surface area (Å²) in [7, 11) is 5.56. The van der Waals surface area contributed by atoms with Crippen LogP contribution in [0.4, 0.5) is 5.69 Å². The molecule has 0 aromatic heterocycles. The predicted molar refractivity (Wildman–Crippen MR) is 113 cm³/mol. The van der Waals surface area contributed by atoms with Gasteiger partial charge in [-0.3, -0.25) is 4.79 Å². The van der Waals surface area contributed by atoms with Crippen molar-refractivity contribution < 1.29 is 33.3 Å². The van der Waals surface area contributed by atoms with Crippen molar-refractivity contribution in [2.24, 2.45) is 0 Å². The first kappa shape index (κ1) is 23.1. The van der Waals surface area contributed by atoms with Crippen LogP contribution in [0.3, 0.4) is 0 Å². The van der Waals surface area contributed by atoms with Gasteiger partial charge in [0.2, 0.25) is 5.91 Å². The van der Waals surface area contributed by atoms with E-state index in [-0.39, 0.29) is 22.7 Å². The fraction of sp³-hybridized carbons (Fsp3) is 0.286. The van der Waals surface area contributed by atoms with Gasteiger partial charge < -0.3 is 24.3 Å². The molecule has 1 atom stereocenters. The molecule has 0 radical (unpaired) electrons. The Labute approximate surface area is 178 Å². The first-order chi connectivity index (χ1) is 14.3. The van der Waals surface area contributed by atoms with Crippen molar-refractivity contribution in [3.05, 3.63) is 47.5 Å². The van der Waals surface area contributed by atoms with Gasteiger partial charge in [-0.05, 0) is 43.3 Å². The summed E-state index contributed by atoms with van der Waals surface area (Å²) < 4.78 is 19.9. The second-order valence-corrected chi connectivity index (χ2v) is 7.42. The summed E-state index contributed by atoms with van der Waals surface area (Å²) in [4.78, 5) is 37.4. The number of carbonyl (C=O) groups excluding carboxylic acids is 3. The highest BCUT2D eigenvalue weighted by Crippen LogP contribution is 2.34. The maximum atomic E-state index is 12.8. The molecule has 0 saturated carbocycles. The number of anilines is 1. The number of nitrogens with one attached hydrogen (secondary N) is 1. The van der Waals surface area contributed by atoms with Gasteiger partial charge in [-0.15, -0.1) is 11.8 Å². The standard InChI is InChI=1S/C21H23NO7S/c1-12(30-14-7-9-17(26-2)18(11-14)27-3)19(23)22-16-10-13(20(24)28-4)6-8-15(16)21(25)29-5/h6-12H,1-5H3,(H,22,23). The summed E-state index contributed by atoms with van der Waals surface area (Å²) in [5, 5.41) is 2.17. The van der Waals surface area contributed by atoms with E-state index in [4.69, 9.17) is 18.9 Å². The summed E-state index contributed by atoms with van der Waals surface area (Å²) in [6.45, 7) is 1.72. The average molecular weight is 433 g/mol. The van der Waals surface area contributed by atoms with E-state index in [2.05, 4.69) is 5.32 Å². The van der Waals surface area contributed by atoms with Crippen molar-refractivity contribution in [2.45, 2.75) is 17.1 Å². The highest BCUT2D eigenvalue weighted by Gasteiger charge is 2.21. The van der Waals surface area contributed by atoms with E-state index in [0.717, 1.165) is 4.90 Å². The minimum Gasteiger partial charge on any atom is -0.493 e. The average Bonchev–Trinajstić information content (AvgIpc) is 2.77. The van der Waals surface area contributed by atoms with E-state index >= 15 is 0 Å². The third kappa shape index (κ3) is 5.44. The Balaban J connectivity index is 2.23. The van der Waals surface area contributed by atoms with Crippen LogP contribution in [0.25, 0.3) is 0 Å². The summed E-state index contributed by atoms with van der Waals surface area (Å²) in [5.74, 6) is -0.450.